The molecule has 0 saturated heterocycles. The predicted octanol–water partition coefficient (Wildman–Crippen LogP) is 4.07. The van der Waals surface area contributed by atoms with Crippen LogP contribution in [-0.2, 0) is 19.1 Å². The third kappa shape index (κ3) is 8.76. The quantitative estimate of drug-likeness (QED) is 0.315. The highest BCUT2D eigenvalue weighted by atomic mass is 16.5. The Morgan fingerprint density at radius 1 is 1.03 bits per heavy atom. The molecule has 0 aliphatic carbocycles. The normalized spacial score (nSPS) is 14.6. The number of rotatable bonds is 13. The molecule has 33 heavy (non-hydrogen) atoms. The zero-order chi connectivity index (χ0) is 26.0. The summed E-state index contributed by atoms with van der Waals surface area (Å²) in [6, 6.07) is -1.03. The van der Waals surface area contributed by atoms with Gasteiger partial charge in [-0.25, -0.2) is 4.79 Å². The van der Waals surface area contributed by atoms with E-state index in [4.69, 9.17) is 4.74 Å². The topological polar surface area (TPSA) is 87.7 Å². The Balaban J connectivity index is 6.06. The Morgan fingerprint density at radius 2 is 1.55 bits per heavy atom. The van der Waals surface area contributed by atoms with Crippen molar-refractivity contribution in [2.24, 2.45) is 11.3 Å². The summed E-state index contributed by atoms with van der Waals surface area (Å²) in [6.45, 7) is 17.7. The number of amides is 2. The van der Waals surface area contributed by atoms with Crippen molar-refractivity contribution in [1.82, 2.24) is 15.5 Å². The molecule has 0 rings (SSSR count). The summed E-state index contributed by atoms with van der Waals surface area (Å²) < 4.78 is 5.10. The second-order valence-corrected chi connectivity index (χ2v) is 10.4. The van der Waals surface area contributed by atoms with Crippen LogP contribution in [0.15, 0.2) is 11.6 Å². The van der Waals surface area contributed by atoms with Gasteiger partial charge >= 0.3 is 5.97 Å². The zero-order valence-electron chi connectivity index (χ0n) is 22.9. The van der Waals surface area contributed by atoms with E-state index in [9.17, 15) is 14.4 Å². The van der Waals surface area contributed by atoms with Crippen molar-refractivity contribution in [3.05, 3.63) is 11.6 Å². The van der Waals surface area contributed by atoms with Crippen LogP contribution in [0.1, 0.15) is 88.0 Å². The summed E-state index contributed by atoms with van der Waals surface area (Å²) in [4.78, 5) is 41.0. The predicted molar refractivity (Wildman–Crippen MR) is 135 cm³/mol. The minimum atomic E-state index is -0.714. The number of carbonyl (C=O) groups is 3. The van der Waals surface area contributed by atoms with E-state index in [1.165, 1.54) is 0 Å². The molecule has 7 nitrogen and oxygen atoms in total. The molecule has 0 unspecified atom stereocenters. The molecule has 0 aliphatic heterocycles. The Bertz CT molecular complexity index is 674. The molecule has 2 atom stereocenters. The molecule has 0 bridgehead atoms. The van der Waals surface area contributed by atoms with Gasteiger partial charge in [-0.1, -0.05) is 67.4 Å². The van der Waals surface area contributed by atoms with Gasteiger partial charge in [0.15, 0.2) is 0 Å². The van der Waals surface area contributed by atoms with E-state index in [0.29, 0.717) is 25.0 Å². The monoisotopic (exact) mass is 467 g/mol. The third-order valence-corrected chi connectivity index (χ3v) is 6.15. The van der Waals surface area contributed by atoms with Gasteiger partial charge in [0.25, 0.3) is 0 Å². The summed E-state index contributed by atoms with van der Waals surface area (Å²) >= 11 is 0. The molecule has 2 amide bonds. The molecule has 7 heteroatoms. The highest BCUT2D eigenvalue weighted by Gasteiger charge is 2.42. The lowest BCUT2D eigenvalue weighted by Crippen LogP contribution is -2.63. The lowest BCUT2D eigenvalue weighted by atomic mass is 9.82. The van der Waals surface area contributed by atoms with Crippen LogP contribution in [0.25, 0.3) is 0 Å². The summed E-state index contributed by atoms with van der Waals surface area (Å²) in [5, 5.41) is 6.32. The van der Waals surface area contributed by atoms with Crippen LogP contribution in [0, 0.1) is 11.3 Å². The fourth-order valence-corrected chi connectivity index (χ4v) is 4.16. The van der Waals surface area contributed by atoms with Crippen LogP contribution < -0.4 is 10.6 Å². The lowest BCUT2D eigenvalue weighted by Gasteiger charge is -2.40. The summed E-state index contributed by atoms with van der Waals surface area (Å²) in [6.07, 6.45) is 4.89. The van der Waals surface area contributed by atoms with E-state index < -0.39 is 17.0 Å². The van der Waals surface area contributed by atoms with E-state index in [1.54, 1.807) is 31.9 Å². The molecule has 0 heterocycles. The second kappa shape index (κ2) is 13.7. The first-order valence-electron chi connectivity index (χ1n) is 12.3. The summed E-state index contributed by atoms with van der Waals surface area (Å²) in [5.74, 6) is -0.644. The first-order valence-corrected chi connectivity index (χ1v) is 12.3. The van der Waals surface area contributed by atoms with Gasteiger partial charge in [0.05, 0.1) is 18.2 Å². The van der Waals surface area contributed by atoms with Gasteiger partial charge in [-0.05, 0) is 45.1 Å². The maximum absolute atomic E-state index is 13.7. The molecule has 0 aromatic heterocycles. The average Bonchev–Trinajstić information content (AvgIpc) is 2.73. The molecule has 192 valence electrons. The SMILES string of the molecule is CCCC(CCC)(NC)C(=O)N[C@H](C(=O)N(C)[C@H](C=C(C)C(=O)OCC)C(C)C)C(C)(C)C. The fraction of sp³-hybridized carbons (Fsp3) is 0.808. The van der Waals surface area contributed by atoms with Gasteiger partial charge in [-0.15, -0.1) is 0 Å². The van der Waals surface area contributed by atoms with E-state index in [2.05, 4.69) is 24.5 Å². The Morgan fingerprint density at radius 3 is 1.91 bits per heavy atom. The summed E-state index contributed by atoms with van der Waals surface area (Å²) in [7, 11) is 3.54. The highest BCUT2D eigenvalue weighted by Crippen LogP contribution is 2.26. The first-order chi connectivity index (χ1) is 15.2. The van der Waals surface area contributed by atoms with Crippen molar-refractivity contribution in [1.29, 1.82) is 0 Å². The largest absolute Gasteiger partial charge is 0.463 e. The molecule has 0 aromatic carbocycles. The van der Waals surface area contributed by atoms with E-state index in [-0.39, 0.29) is 29.7 Å². The number of hydrogen-bond acceptors (Lipinski definition) is 5. The van der Waals surface area contributed by atoms with Crippen LogP contribution in [0.4, 0.5) is 0 Å². The van der Waals surface area contributed by atoms with Crippen molar-refractivity contribution < 1.29 is 19.1 Å². The highest BCUT2D eigenvalue weighted by molar-refractivity contribution is 5.93. The van der Waals surface area contributed by atoms with Crippen LogP contribution in [0.2, 0.25) is 0 Å². The molecule has 0 spiro atoms. The van der Waals surface area contributed by atoms with Crippen molar-refractivity contribution in [3.63, 3.8) is 0 Å². The van der Waals surface area contributed by atoms with Gasteiger partial charge in [0.1, 0.15) is 6.04 Å². The van der Waals surface area contributed by atoms with Crippen molar-refractivity contribution in [3.8, 4) is 0 Å². The first kappa shape index (κ1) is 31.1. The Labute approximate surface area is 202 Å². The second-order valence-electron chi connectivity index (χ2n) is 10.4. The van der Waals surface area contributed by atoms with Crippen LogP contribution in [0.3, 0.4) is 0 Å². The van der Waals surface area contributed by atoms with Crippen LogP contribution in [0.5, 0.6) is 0 Å². The molecule has 0 radical (unpaired) electrons. The van der Waals surface area contributed by atoms with Gasteiger partial charge in [-0.3, -0.25) is 9.59 Å². The average molecular weight is 468 g/mol. The van der Waals surface area contributed by atoms with E-state index >= 15 is 0 Å². The Hall–Kier alpha value is -1.89. The van der Waals surface area contributed by atoms with E-state index in [1.807, 2.05) is 41.7 Å². The van der Waals surface area contributed by atoms with Gasteiger partial charge in [-0.2, -0.15) is 0 Å². The molecular weight excluding hydrogens is 418 g/mol. The van der Waals surface area contributed by atoms with Gasteiger partial charge in [0, 0.05) is 12.6 Å². The van der Waals surface area contributed by atoms with Crippen molar-refractivity contribution in [2.75, 3.05) is 20.7 Å². The van der Waals surface area contributed by atoms with Gasteiger partial charge in [0.2, 0.25) is 11.8 Å². The van der Waals surface area contributed by atoms with Crippen LogP contribution in [-0.4, -0.2) is 61.0 Å². The van der Waals surface area contributed by atoms with Gasteiger partial charge < -0.3 is 20.3 Å². The van der Waals surface area contributed by atoms with Crippen molar-refractivity contribution in [2.45, 2.75) is 106 Å². The molecular formula is C26H49N3O4. The van der Waals surface area contributed by atoms with Crippen molar-refractivity contribution >= 4 is 17.8 Å². The zero-order valence-corrected chi connectivity index (χ0v) is 22.9. The molecule has 2 N–H and O–H groups in total. The number of nitrogens with one attached hydrogen (secondary N) is 2. The number of carbonyl (C=O) groups excluding carboxylic acids is 3. The molecule has 0 aromatic rings. The number of esters is 1. The standard InChI is InChI=1S/C26H49N3O4/c1-12-15-26(27-10,16-13-2)24(32)28-21(25(7,8)9)22(30)29(11)20(18(4)5)17-19(6)23(31)33-14-3/h17-18,20-21,27H,12-16H2,1-11H3,(H,28,32)/t20-,21-/m1/s1. The van der Waals surface area contributed by atoms with Crippen LogP contribution >= 0.6 is 0 Å². The maximum Gasteiger partial charge on any atom is 0.333 e. The maximum atomic E-state index is 13.7. The minimum absolute atomic E-state index is 0.0660. The number of nitrogens with zero attached hydrogens (tertiary/aromatic N) is 1. The molecule has 0 saturated carbocycles. The number of ether oxygens (including phenoxy) is 1. The number of likely N-dealkylation sites (N-methyl/N-ethyl adjacent to an activating group) is 2. The number of hydrogen-bond donors (Lipinski definition) is 2. The minimum Gasteiger partial charge on any atom is -0.463 e. The molecule has 0 aliphatic rings. The summed E-state index contributed by atoms with van der Waals surface area (Å²) in [5.41, 5.74) is -0.740. The smallest absolute Gasteiger partial charge is 0.333 e. The fourth-order valence-electron chi connectivity index (χ4n) is 4.16. The van der Waals surface area contributed by atoms with E-state index in [0.717, 1.165) is 12.8 Å². The lowest BCUT2D eigenvalue weighted by molar-refractivity contribution is -0.142. The molecule has 0 fully saturated rings. The Kier molecular flexibility index (Phi) is 12.9. The third-order valence-electron chi connectivity index (χ3n) is 6.15.